The van der Waals surface area contributed by atoms with E-state index in [4.69, 9.17) is 33.7 Å². The summed E-state index contributed by atoms with van der Waals surface area (Å²) >= 11 is 11.7. The van der Waals surface area contributed by atoms with Gasteiger partial charge in [-0.1, -0.05) is 29.3 Å². The van der Waals surface area contributed by atoms with Gasteiger partial charge in [0, 0.05) is 10.7 Å². The smallest absolute Gasteiger partial charge is 0.274 e. The third-order valence-electron chi connectivity index (χ3n) is 3.44. The average Bonchev–Trinajstić information content (AvgIpc) is 2.79. The number of ether oxygens (including phenoxy) is 1. The fourth-order valence-electron chi connectivity index (χ4n) is 2.33. The number of imide groups is 3. The van der Waals surface area contributed by atoms with Gasteiger partial charge in [-0.25, -0.2) is 4.90 Å². The zero-order chi connectivity index (χ0) is 17.4. The SMILES string of the molecule is Nc1cccc2c1C(=O)N(C(=O)COc1ccc(Cl)cc1Cl)C2=O. The fraction of sp³-hybridized carbons (Fsp3) is 0.0625. The van der Waals surface area contributed by atoms with Crippen LogP contribution in [0.3, 0.4) is 0 Å². The van der Waals surface area contributed by atoms with Crippen molar-refractivity contribution in [3.63, 3.8) is 0 Å². The number of hydrogen-bond donors (Lipinski definition) is 1. The quantitative estimate of drug-likeness (QED) is 0.667. The maximum atomic E-state index is 12.3. The molecule has 0 spiro atoms. The summed E-state index contributed by atoms with van der Waals surface area (Å²) in [7, 11) is 0. The van der Waals surface area contributed by atoms with E-state index >= 15 is 0 Å². The molecule has 0 unspecified atom stereocenters. The van der Waals surface area contributed by atoms with Crippen molar-refractivity contribution in [2.24, 2.45) is 0 Å². The van der Waals surface area contributed by atoms with Crippen LogP contribution in [0, 0.1) is 0 Å². The van der Waals surface area contributed by atoms with Crippen LogP contribution in [-0.2, 0) is 4.79 Å². The minimum atomic E-state index is -0.813. The fourth-order valence-corrected chi connectivity index (χ4v) is 2.80. The van der Waals surface area contributed by atoms with Crippen molar-refractivity contribution in [2.75, 3.05) is 12.3 Å². The number of fused-ring (bicyclic) bond motifs is 1. The number of amides is 3. The lowest BCUT2D eigenvalue weighted by Gasteiger charge is -2.13. The lowest BCUT2D eigenvalue weighted by molar-refractivity contribution is -0.128. The first-order valence-electron chi connectivity index (χ1n) is 6.78. The standard InChI is InChI=1S/C16H10Cl2N2O4/c17-8-4-5-12(10(18)6-8)24-7-13(21)20-15(22)9-2-1-3-11(19)14(9)16(20)23/h1-6H,7,19H2. The molecule has 0 fully saturated rings. The zero-order valence-corrected chi connectivity index (χ0v) is 13.6. The van der Waals surface area contributed by atoms with Crippen LogP contribution >= 0.6 is 23.2 Å². The van der Waals surface area contributed by atoms with Gasteiger partial charge in [-0.15, -0.1) is 0 Å². The van der Waals surface area contributed by atoms with E-state index in [1.54, 1.807) is 0 Å². The molecule has 2 N–H and O–H groups in total. The molecule has 3 amide bonds. The monoisotopic (exact) mass is 364 g/mol. The van der Waals surface area contributed by atoms with Crippen LogP contribution in [-0.4, -0.2) is 29.2 Å². The molecule has 0 aromatic heterocycles. The summed E-state index contributed by atoms with van der Waals surface area (Å²) in [4.78, 5) is 37.3. The van der Waals surface area contributed by atoms with Crippen LogP contribution in [0.1, 0.15) is 20.7 Å². The number of benzene rings is 2. The number of nitrogens with two attached hydrogens (primary N) is 1. The van der Waals surface area contributed by atoms with Gasteiger partial charge >= 0.3 is 0 Å². The highest BCUT2D eigenvalue weighted by Crippen LogP contribution is 2.29. The Kier molecular flexibility index (Phi) is 4.17. The van der Waals surface area contributed by atoms with Crippen molar-refractivity contribution < 1.29 is 19.1 Å². The maximum absolute atomic E-state index is 12.3. The molecule has 0 saturated carbocycles. The Labute approximate surface area is 146 Å². The van der Waals surface area contributed by atoms with E-state index in [0.717, 1.165) is 0 Å². The molecule has 0 saturated heterocycles. The number of anilines is 1. The molecule has 0 bridgehead atoms. The summed E-state index contributed by atoms with van der Waals surface area (Å²) in [5, 5.41) is 0.622. The summed E-state index contributed by atoms with van der Waals surface area (Å²) in [5.41, 5.74) is 5.98. The Morgan fingerprint density at radius 2 is 1.88 bits per heavy atom. The van der Waals surface area contributed by atoms with Crippen molar-refractivity contribution in [1.29, 1.82) is 0 Å². The lowest BCUT2D eigenvalue weighted by Crippen LogP contribution is -2.39. The Morgan fingerprint density at radius 3 is 2.54 bits per heavy atom. The number of hydrogen-bond acceptors (Lipinski definition) is 5. The average molecular weight is 365 g/mol. The number of carbonyl (C=O) groups excluding carboxylic acids is 3. The van der Waals surface area contributed by atoms with E-state index in [1.807, 2.05) is 0 Å². The first-order valence-corrected chi connectivity index (χ1v) is 7.53. The molecule has 3 rings (SSSR count). The van der Waals surface area contributed by atoms with Crippen LogP contribution < -0.4 is 10.5 Å². The van der Waals surface area contributed by atoms with E-state index in [0.29, 0.717) is 9.92 Å². The molecular weight excluding hydrogens is 355 g/mol. The van der Waals surface area contributed by atoms with E-state index in [2.05, 4.69) is 0 Å². The topological polar surface area (TPSA) is 89.7 Å². The van der Waals surface area contributed by atoms with Crippen molar-refractivity contribution in [3.05, 3.63) is 57.6 Å². The number of rotatable bonds is 3. The Bertz CT molecular complexity index is 882. The lowest BCUT2D eigenvalue weighted by atomic mass is 10.1. The number of halogens is 2. The molecule has 6 nitrogen and oxygen atoms in total. The van der Waals surface area contributed by atoms with Crippen molar-refractivity contribution in [2.45, 2.75) is 0 Å². The van der Waals surface area contributed by atoms with Gasteiger partial charge < -0.3 is 10.5 Å². The van der Waals surface area contributed by atoms with Crippen molar-refractivity contribution in [3.8, 4) is 5.75 Å². The van der Waals surface area contributed by atoms with Crippen molar-refractivity contribution in [1.82, 2.24) is 4.90 Å². The van der Waals surface area contributed by atoms with E-state index < -0.39 is 24.3 Å². The molecule has 2 aromatic carbocycles. The Hall–Kier alpha value is -2.57. The Balaban J connectivity index is 1.78. The highest BCUT2D eigenvalue weighted by Gasteiger charge is 2.41. The number of carbonyl (C=O) groups is 3. The van der Waals surface area contributed by atoms with Gasteiger partial charge in [-0.05, 0) is 30.3 Å². The normalized spacial score (nSPS) is 13.2. The summed E-state index contributed by atoms with van der Waals surface area (Å²) < 4.78 is 5.27. The maximum Gasteiger partial charge on any atom is 0.274 e. The van der Waals surface area contributed by atoms with Crippen molar-refractivity contribution >= 4 is 46.6 Å². The molecule has 0 radical (unpaired) electrons. The Morgan fingerprint density at radius 1 is 1.12 bits per heavy atom. The van der Waals surface area contributed by atoms with Crippen LogP contribution in [0.15, 0.2) is 36.4 Å². The van der Waals surface area contributed by atoms with Gasteiger partial charge in [0.1, 0.15) is 5.75 Å². The molecule has 0 atom stereocenters. The van der Waals surface area contributed by atoms with Gasteiger partial charge in [0.25, 0.3) is 17.7 Å². The largest absolute Gasteiger partial charge is 0.482 e. The predicted octanol–water partition coefficient (Wildman–Crippen LogP) is 2.78. The van der Waals surface area contributed by atoms with E-state index in [-0.39, 0.29) is 27.6 Å². The second-order valence-electron chi connectivity index (χ2n) is 4.97. The van der Waals surface area contributed by atoms with Gasteiger partial charge in [0.15, 0.2) is 6.61 Å². The third-order valence-corrected chi connectivity index (χ3v) is 3.97. The highest BCUT2D eigenvalue weighted by molar-refractivity contribution is 6.35. The molecular formula is C16H10Cl2N2O4. The minimum absolute atomic E-state index is 0.0281. The van der Waals surface area contributed by atoms with E-state index in [1.165, 1.54) is 36.4 Å². The summed E-state index contributed by atoms with van der Waals surface area (Å²) in [6.07, 6.45) is 0. The number of nitrogens with zero attached hydrogens (tertiary/aromatic N) is 1. The first-order chi connectivity index (χ1) is 11.4. The molecule has 122 valence electrons. The number of nitrogen functional groups attached to an aromatic ring is 1. The van der Waals surface area contributed by atoms with Gasteiger partial charge in [-0.3, -0.25) is 14.4 Å². The van der Waals surface area contributed by atoms with E-state index in [9.17, 15) is 14.4 Å². The molecule has 1 aliphatic rings. The summed E-state index contributed by atoms with van der Waals surface area (Å²) in [5.74, 6) is -2.08. The second kappa shape index (κ2) is 6.14. The molecule has 2 aromatic rings. The summed E-state index contributed by atoms with van der Waals surface area (Å²) in [6, 6.07) is 8.94. The van der Waals surface area contributed by atoms with Gasteiger partial charge in [-0.2, -0.15) is 0 Å². The molecule has 0 aliphatic carbocycles. The molecule has 1 aliphatic heterocycles. The van der Waals surface area contributed by atoms with Gasteiger partial charge in [0.2, 0.25) is 0 Å². The minimum Gasteiger partial charge on any atom is -0.482 e. The second-order valence-corrected chi connectivity index (χ2v) is 5.82. The van der Waals surface area contributed by atoms with Gasteiger partial charge in [0.05, 0.1) is 16.1 Å². The molecule has 8 heteroatoms. The molecule has 24 heavy (non-hydrogen) atoms. The highest BCUT2D eigenvalue weighted by atomic mass is 35.5. The summed E-state index contributed by atoms with van der Waals surface area (Å²) in [6.45, 7) is -0.535. The molecule has 1 heterocycles. The third kappa shape index (κ3) is 2.70. The predicted molar refractivity (Wildman–Crippen MR) is 88.3 cm³/mol. The van der Waals surface area contributed by atoms with Crippen LogP contribution in [0.2, 0.25) is 10.0 Å². The zero-order valence-electron chi connectivity index (χ0n) is 12.1. The first kappa shape index (κ1) is 16.3. The van der Waals surface area contributed by atoms with Crippen LogP contribution in [0.25, 0.3) is 0 Å². The van der Waals surface area contributed by atoms with Crippen LogP contribution in [0.5, 0.6) is 5.75 Å². The van der Waals surface area contributed by atoms with Crippen LogP contribution in [0.4, 0.5) is 5.69 Å².